The minimum absolute atomic E-state index is 0.0375. The SMILES string of the molecule is CCC(C)c1ccc(OC(OC2CC3CC2C2CCCC32)C23CC4CC(CC(C4)C2)C3)cc1. The van der Waals surface area contributed by atoms with Crippen LogP contribution in [0.2, 0.25) is 0 Å². The van der Waals surface area contributed by atoms with Gasteiger partial charge in [-0.3, -0.25) is 0 Å². The number of fused-ring (bicyclic) bond motifs is 5. The van der Waals surface area contributed by atoms with E-state index in [9.17, 15) is 0 Å². The molecule has 2 nitrogen and oxygen atoms in total. The van der Waals surface area contributed by atoms with Crippen LogP contribution in [0.5, 0.6) is 5.75 Å². The summed E-state index contributed by atoms with van der Waals surface area (Å²) < 4.78 is 14.1. The molecule has 7 fully saturated rings. The lowest BCUT2D eigenvalue weighted by atomic mass is 9.49. The Hall–Kier alpha value is -1.02. The summed E-state index contributed by atoms with van der Waals surface area (Å²) in [5.41, 5.74) is 1.69. The Morgan fingerprint density at radius 3 is 2.18 bits per heavy atom. The highest BCUT2D eigenvalue weighted by atomic mass is 16.7. The average molecular weight is 449 g/mol. The Kier molecular flexibility index (Phi) is 5.16. The van der Waals surface area contributed by atoms with Crippen molar-refractivity contribution in [2.24, 2.45) is 46.8 Å². The summed E-state index contributed by atoms with van der Waals surface area (Å²) in [6.07, 6.45) is 17.3. The van der Waals surface area contributed by atoms with Crippen LogP contribution in [-0.2, 0) is 4.74 Å². The monoisotopic (exact) mass is 448 g/mol. The number of ether oxygens (including phenoxy) is 2. The van der Waals surface area contributed by atoms with Gasteiger partial charge < -0.3 is 9.47 Å². The van der Waals surface area contributed by atoms with Gasteiger partial charge in [-0.15, -0.1) is 0 Å². The van der Waals surface area contributed by atoms with Crippen LogP contribution in [0.4, 0.5) is 0 Å². The van der Waals surface area contributed by atoms with Gasteiger partial charge in [-0.1, -0.05) is 32.4 Å². The van der Waals surface area contributed by atoms with Gasteiger partial charge in [0.1, 0.15) is 5.75 Å². The van der Waals surface area contributed by atoms with Crippen LogP contribution in [0.3, 0.4) is 0 Å². The summed E-state index contributed by atoms with van der Waals surface area (Å²) in [4.78, 5) is 0. The molecular formula is C31H44O2. The van der Waals surface area contributed by atoms with E-state index in [2.05, 4.69) is 38.1 Å². The molecule has 0 aromatic heterocycles. The number of rotatable bonds is 7. The standard InChI is InChI=1S/C31H44O2/c1-3-19(2)23-7-9-25(10-8-23)32-30(31-16-20-11-21(17-31)13-22(12-20)18-31)33-29-15-24-14-28(29)27-6-4-5-26(24)27/h7-10,19-22,24,26-30H,3-6,11-18H2,1-2H3. The van der Waals surface area contributed by atoms with Crippen molar-refractivity contribution < 1.29 is 9.47 Å². The summed E-state index contributed by atoms with van der Waals surface area (Å²) in [5.74, 6) is 8.18. The summed E-state index contributed by atoms with van der Waals surface area (Å²) in [6, 6.07) is 9.04. The van der Waals surface area contributed by atoms with Gasteiger partial charge in [0.15, 0.2) is 0 Å². The van der Waals surface area contributed by atoms with Crippen molar-refractivity contribution in [3.63, 3.8) is 0 Å². The molecule has 0 saturated heterocycles. The first-order valence-corrected chi connectivity index (χ1v) is 14.5. The van der Waals surface area contributed by atoms with Crippen molar-refractivity contribution in [3.8, 4) is 5.75 Å². The van der Waals surface area contributed by atoms with Gasteiger partial charge in [0.2, 0.25) is 6.29 Å². The molecule has 6 bridgehead atoms. The lowest BCUT2D eigenvalue weighted by Crippen LogP contribution is -2.55. The smallest absolute Gasteiger partial charge is 0.205 e. The Morgan fingerprint density at radius 2 is 1.52 bits per heavy atom. The molecule has 7 aliphatic carbocycles. The highest BCUT2D eigenvalue weighted by Gasteiger charge is 2.59. The zero-order chi connectivity index (χ0) is 22.2. The topological polar surface area (TPSA) is 18.5 Å². The van der Waals surface area contributed by atoms with Crippen LogP contribution in [0, 0.1) is 46.8 Å². The molecule has 8 rings (SSSR count). The fourth-order valence-corrected chi connectivity index (χ4v) is 10.3. The van der Waals surface area contributed by atoms with Crippen molar-refractivity contribution in [2.75, 3.05) is 0 Å². The maximum absolute atomic E-state index is 7.22. The molecule has 7 atom stereocenters. The van der Waals surface area contributed by atoms with E-state index in [1.54, 1.807) is 0 Å². The lowest BCUT2D eigenvalue weighted by Gasteiger charge is -2.58. The van der Waals surface area contributed by atoms with Gasteiger partial charge in [0.05, 0.1) is 6.10 Å². The average Bonchev–Trinajstić information content (AvgIpc) is 3.52. The normalized spacial score (nSPS) is 46.5. The quantitative estimate of drug-likeness (QED) is 0.394. The van der Waals surface area contributed by atoms with E-state index in [-0.39, 0.29) is 11.7 Å². The summed E-state index contributed by atoms with van der Waals surface area (Å²) in [6.45, 7) is 4.60. The molecular weight excluding hydrogens is 404 g/mol. The highest BCUT2D eigenvalue weighted by molar-refractivity contribution is 5.29. The Morgan fingerprint density at radius 1 is 0.848 bits per heavy atom. The first kappa shape index (κ1) is 21.3. The zero-order valence-electron chi connectivity index (χ0n) is 20.9. The van der Waals surface area contributed by atoms with E-state index in [0.29, 0.717) is 12.0 Å². The molecule has 180 valence electrons. The minimum atomic E-state index is -0.0375. The fraction of sp³-hybridized carbons (Fsp3) is 0.806. The second-order valence-electron chi connectivity index (χ2n) is 13.4. The lowest BCUT2D eigenvalue weighted by molar-refractivity contribution is -0.241. The molecule has 0 amide bonds. The molecule has 0 radical (unpaired) electrons. The molecule has 7 saturated carbocycles. The van der Waals surface area contributed by atoms with Crippen molar-refractivity contribution in [1.29, 1.82) is 0 Å². The van der Waals surface area contributed by atoms with Gasteiger partial charge in [0, 0.05) is 5.41 Å². The summed E-state index contributed by atoms with van der Waals surface area (Å²) in [7, 11) is 0. The number of benzene rings is 1. The molecule has 2 heteroatoms. The Bertz CT molecular complexity index is 823. The van der Waals surface area contributed by atoms with Crippen LogP contribution in [-0.4, -0.2) is 12.4 Å². The number of hydrogen-bond donors (Lipinski definition) is 0. The molecule has 7 aliphatic rings. The van der Waals surface area contributed by atoms with Crippen LogP contribution in [0.25, 0.3) is 0 Å². The third-order valence-electron chi connectivity index (χ3n) is 11.6. The molecule has 1 aromatic carbocycles. The van der Waals surface area contributed by atoms with Gasteiger partial charge in [-0.25, -0.2) is 0 Å². The van der Waals surface area contributed by atoms with Crippen LogP contribution in [0.1, 0.15) is 102 Å². The molecule has 0 spiro atoms. The van der Waals surface area contributed by atoms with Gasteiger partial charge in [-0.05, 0) is 136 Å². The molecule has 0 N–H and O–H groups in total. The Labute approximate surface area is 201 Å². The first-order chi connectivity index (χ1) is 16.1. The highest BCUT2D eigenvalue weighted by Crippen LogP contribution is 2.64. The van der Waals surface area contributed by atoms with Crippen molar-refractivity contribution >= 4 is 0 Å². The predicted molar refractivity (Wildman–Crippen MR) is 132 cm³/mol. The first-order valence-electron chi connectivity index (χ1n) is 14.5. The number of hydrogen-bond acceptors (Lipinski definition) is 2. The van der Waals surface area contributed by atoms with Crippen molar-refractivity contribution in [1.82, 2.24) is 0 Å². The largest absolute Gasteiger partial charge is 0.464 e. The van der Waals surface area contributed by atoms with Crippen molar-refractivity contribution in [3.05, 3.63) is 29.8 Å². The molecule has 1 aromatic rings. The molecule has 0 aliphatic heterocycles. The van der Waals surface area contributed by atoms with Crippen LogP contribution < -0.4 is 4.74 Å². The predicted octanol–water partition coefficient (Wildman–Crippen LogP) is 7.96. The zero-order valence-corrected chi connectivity index (χ0v) is 20.9. The van der Waals surface area contributed by atoms with Crippen LogP contribution >= 0.6 is 0 Å². The summed E-state index contributed by atoms with van der Waals surface area (Å²) in [5, 5.41) is 0. The minimum Gasteiger partial charge on any atom is -0.464 e. The van der Waals surface area contributed by atoms with Gasteiger partial charge in [-0.2, -0.15) is 0 Å². The van der Waals surface area contributed by atoms with E-state index < -0.39 is 0 Å². The van der Waals surface area contributed by atoms with E-state index in [1.807, 2.05) is 0 Å². The molecule has 33 heavy (non-hydrogen) atoms. The van der Waals surface area contributed by atoms with E-state index in [4.69, 9.17) is 9.47 Å². The third-order valence-corrected chi connectivity index (χ3v) is 11.6. The van der Waals surface area contributed by atoms with E-state index >= 15 is 0 Å². The van der Waals surface area contributed by atoms with Crippen molar-refractivity contribution in [2.45, 2.75) is 109 Å². The second kappa shape index (κ2) is 8.00. The van der Waals surface area contributed by atoms with Crippen LogP contribution in [0.15, 0.2) is 24.3 Å². The molecule has 7 unspecified atom stereocenters. The van der Waals surface area contributed by atoms with E-state index in [1.165, 1.54) is 82.6 Å². The Balaban J connectivity index is 1.15. The summed E-state index contributed by atoms with van der Waals surface area (Å²) >= 11 is 0. The van der Waals surface area contributed by atoms with Gasteiger partial charge in [0.25, 0.3) is 0 Å². The second-order valence-corrected chi connectivity index (χ2v) is 13.4. The molecule has 0 heterocycles. The maximum atomic E-state index is 7.22. The maximum Gasteiger partial charge on any atom is 0.205 e. The van der Waals surface area contributed by atoms with E-state index in [0.717, 1.165) is 47.2 Å². The third kappa shape index (κ3) is 3.52. The van der Waals surface area contributed by atoms with Gasteiger partial charge >= 0.3 is 0 Å². The fourth-order valence-electron chi connectivity index (χ4n) is 10.3.